The fourth-order valence-corrected chi connectivity index (χ4v) is 8.80. The molecule has 4 aliphatic rings. The number of imidazole rings is 1. The molecule has 2 aromatic heterocycles. The largest absolute Gasteiger partial charge is 0.390 e. The molecular formula is C32H43FN4O7. The molecule has 2 heterocycles. The summed E-state index contributed by atoms with van der Waals surface area (Å²) < 4.78 is 18.1. The number of nitrogens with one attached hydrogen (secondary N) is 2. The van der Waals surface area contributed by atoms with Crippen LogP contribution in [-0.4, -0.2) is 70.4 Å². The lowest BCUT2D eigenvalue weighted by atomic mass is 9.44. The topological polar surface area (TPSA) is 178 Å². The molecule has 6 rings (SSSR count). The molecule has 0 aromatic carbocycles. The fourth-order valence-electron chi connectivity index (χ4n) is 8.80. The van der Waals surface area contributed by atoms with E-state index in [1.165, 1.54) is 23.0 Å². The number of ketones is 2. The lowest BCUT2D eigenvalue weighted by molar-refractivity contribution is -0.219. The van der Waals surface area contributed by atoms with E-state index in [0.29, 0.717) is 48.5 Å². The second kappa shape index (κ2) is 11.0. The van der Waals surface area contributed by atoms with Crippen LogP contribution in [0.15, 0.2) is 39.7 Å². The van der Waals surface area contributed by atoms with Gasteiger partial charge in [-0.2, -0.15) is 0 Å². The Labute approximate surface area is 254 Å². The molecular weight excluding hydrogens is 571 g/mol. The Morgan fingerprint density at radius 1 is 1.23 bits per heavy atom. The van der Waals surface area contributed by atoms with Crippen LogP contribution in [-0.2, 0) is 16.1 Å². The van der Waals surface area contributed by atoms with Crippen LogP contribution in [0.1, 0.15) is 66.7 Å². The van der Waals surface area contributed by atoms with E-state index in [2.05, 4.69) is 15.0 Å². The number of aromatic amines is 2. The Bertz CT molecular complexity index is 1660. The lowest BCUT2D eigenvalue weighted by Gasteiger charge is -2.62. The van der Waals surface area contributed by atoms with Gasteiger partial charge in [-0.15, -0.1) is 0 Å². The Kier molecular flexibility index (Phi) is 8.04. The van der Waals surface area contributed by atoms with Gasteiger partial charge >= 0.3 is 5.69 Å². The van der Waals surface area contributed by atoms with E-state index in [1.54, 1.807) is 26.8 Å². The number of Topliss-reactive ketones (excluding diaryl/α,β-unsaturated/α-hetero) is 1. The third kappa shape index (κ3) is 4.43. The number of rotatable bonds is 5. The van der Waals surface area contributed by atoms with Gasteiger partial charge < -0.3 is 20.3 Å². The zero-order valence-electron chi connectivity index (χ0n) is 25.9. The van der Waals surface area contributed by atoms with Crippen molar-refractivity contribution in [2.24, 2.45) is 34.5 Å². The number of allylic oxidation sites excluding steroid dienone is 4. The van der Waals surface area contributed by atoms with Crippen molar-refractivity contribution in [3.8, 4) is 0 Å². The highest BCUT2D eigenvalue weighted by molar-refractivity contribution is 6.01. The van der Waals surface area contributed by atoms with Gasteiger partial charge in [-0.25, -0.2) is 14.2 Å². The maximum absolute atomic E-state index is 16.9. The first-order valence-corrected chi connectivity index (χ1v) is 15.4. The highest BCUT2D eigenvalue weighted by Gasteiger charge is 2.75. The van der Waals surface area contributed by atoms with E-state index >= 15 is 4.39 Å². The van der Waals surface area contributed by atoms with Crippen molar-refractivity contribution >= 4 is 22.7 Å². The quantitative estimate of drug-likeness (QED) is 0.341. The molecule has 3 fully saturated rings. The second-order valence-corrected chi connectivity index (χ2v) is 13.9. The predicted octanol–water partition coefficient (Wildman–Crippen LogP) is 2.35. The summed E-state index contributed by atoms with van der Waals surface area (Å²) in [5.41, 5.74) is -5.21. The van der Waals surface area contributed by atoms with Crippen molar-refractivity contribution < 1.29 is 29.3 Å². The third-order valence-corrected chi connectivity index (χ3v) is 11.3. The van der Waals surface area contributed by atoms with E-state index < -0.39 is 58.1 Å². The average molecular weight is 615 g/mol. The molecule has 240 valence electrons. The van der Waals surface area contributed by atoms with Crippen molar-refractivity contribution in [2.75, 3.05) is 6.61 Å². The number of hydrogen-bond donors (Lipinski definition) is 5. The molecule has 3 saturated carbocycles. The van der Waals surface area contributed by atoms with Crippen LogP contribution in [0.25, 0.3) is 11.2 Å². The van der Waals surface area contributed by atoms with E-state index in [-0.39, 0.29) is 23.7 Å². The van der Waals surface area contributed by atoms with Crippen LogP contribution in [0.5, 0.6) is 0 Å². The summed E-state index contributed by atoms with van der Waals surface area (Å²) in [5.74, 6) is -1.67. The minimum atomic E-state index is -1.98. The summed E-state index contributed by atoms with van der Waals surface area (Å²) in [5, 5.41) is 32.0. The van der Waals surface area contributed by atoms with Crippen molar-refractivity contribution in [1.29, 1.82) is 0 Å². The van der Waals surface area contributed by atoms with Crippen LogP contribution in [0.4, 0.5) is 4.39 Å². The highest BCUT2D eigenvalue weighted by atomic mass is 19.1. The van der Waals surface area contributed by atoms with Gasteiger partial charge in [0.25, 0.3) is 5.56 Å². The minimum Gasteiger partial charge on any atom is -0.390 e. The van der Waals surface area contributed by atoms with Gasteiger partial charge in [0.1, 0.15) is 17.7 Å². The smallest absolute Gasteiger partial charge is 0.330 e. The molecule has 0 saturated heterocycles. The van der Waals surface area contributed by atoms with E-state index in [1.807, 2.05) is 13.8 Å². The standard InChI is InChI=1S/C22H29FO5.C10H14N4O2/c1-12-8-16-15-5-4-13-9-14(25)6-7-19(13,2)21(15,23)17(26)10-20(16,3)22(12,28)18(27)11-24;1-6(2)3-4-14-9(15)7-8(12-5-11-7)13-10(14)16/h6-7,9,12,15-17,24,26,28H,4-5,8,10-11H2,1-3H3;5-6H,3-4H2,1-2H3,(H,11,12)(H,13,16)/t12-,15+,16+,17+,19+,20+,21+,22+;/m1./s1. The number of carbonyl (C=O) groups is 2. The van der Waals surface area contributed by atoms with Crippen LogP contribution in [0, 0.1) is 34.5 Å². The van der Waals surface area contributed by atoms with Crippen molar-refractivity contribution in [1.82, 2.24) is 19.5 Å². The van der Waals surface area contributed by atoms with E-state index in [4.69, 9.17) is 0 Å². The number of H-pyrrole nitrogens is 2. The summed E-state index contributed by atoms with van der Waals surface area (Å²) in [6.45, 7) is 9.01. The SMILES string of the molecule is CC(C)CCn1c(=O)[nH]c2nc[nH]c2c1=O.C[C@@H]1C[C@H]2[C@@H]3CCC4=CC(=O)C=C[C@]4(C)[C@@]3(F)[C@@H](O)C[C@]2(C)[C@@]1(O)C(=O)CO. The number of aromatic nitrogens is 4. The van der Waals surface area contributed by atoms with E-state index in [0.717, 1.165) is 6.42 Å². The normalized spacial score (nSPS) is 37.6. The maximum atomic E-state index is 16.9. The van der Waals surface area contributed by atoms with Gasteiger partial charge in [0.2, 0.25) is 0 Å². The number of fused-ring (bicyclic) bond motifs is 6. The summed E-state index contributed by atoms with van der Waals surface area (Å²) in [7, 11) is 0. The first-order chi connectivity index (χ1) is 20.6. The molecule has 11 nitrogen and oxygen atoms in total. The van der Waals surface area contributed by atoms with Crippen molar-refractivity contribution in [2.45, 2.75) is 90.6 Å². The number of halogens is 1. The highest BCUT2D eigenvalue weighted by Crippen LogP contribution is 2.70. The second-order valence-electron chi connectivity index (χ2n) is 13.9. The van der Waals surface area contributed by atoms with Gasteiger partial charge in [0, 0.05) is 23.3 Å². The summed E-state index contributed by atoms with van der Waals surface area (Å²) in [6, 6.07) is 0. The Hall–Kier alpha value is -3.22. The molecule has 44 heavy (non-hydrogen) atoms. The lowest BCUT2D eigenvalue weighted by Crippen LogP contribution is -2.69. The minimum absolute atomic E-state index is 0.0676. The third-order valence-electron chi connectivity index (χ3n) is 11.3. The molecule has 5 N–H and O–H groups in total. The molecule has 0 radical (unpaired) electrons. The molecule has 4 aliphatic carbocycles. The molecule has 0 bridgehead atoms. The summed E-state index contributed by atoms with van der Waals surface area (Å²) in [6.07, 6.45) is 6.63. The Balaban J connectivity index is 0.000000204. The fraction of sp³-hybridized carbons (Fsp3) is 0.656. The summed E-state index contributed by atoms with van der Waals surface area (Å²) in [4.78, 5) is 57.0. The zero-order chi connectivity index (χ0) is 32.4. The molecule has 0 amide bonds. The number of alkyl halides is 1. The molecule has 8 atom stereocenters. The molecule has 0 spiro atoms. The van der Waals surface area contributed by atoms with Crippen LogP contribution in [0.2, 0.25) is 0 Å². The maximum Gasteiger partial charge on any atom is 0.330 e. The monoisotopic (exact) mass is 614 g/mol. The average Bonchev–Trinajstić information content (AvgIpc) is 3.51. The molecule has 0 unspecified atom stereocenters. The number of aliphatic hydroxyl groups is 3. The van der Waals surface area contributed by atoms with Gasteiger partial charge in [0.15, 0.2) is 22.9 Å². The van der Waals surface area contributed by atoms with Crippen LogP contribution in [0.3, 0.4) is 0 Å². The van der Waals surface area contributed by atoms with Gasteiger partial charge in [-0.1, -0.05) is 39.3 Å². The summed E-state index contributed by atoms with van der Waals surface area (Å²) >= 11 is 0. The molecule has 12 heteroatoms. The molecule has 2 aromatic rings. The predicted molar refractivity (Wildman–Crippen MR) is 160 cm³/mol. The first kappa shape index (κ1) is 32.2. The van der Waals surface area contributed by atoms with Gasteiger partial charge in [-0.3, -0.25) is 23.9 Å². The number of hydrogen-bond acceptors (Lipinski definition) is 8. The van der Waals surface area contributed by atoms with Crippen molar-refractivity contribution in [3.63, 3.8) is 0 Å². The number of carbonyl (C=O) groups excluding carboxylic acids is 2. The molecule has 0 aliphatic heterocycles. The van der Waals surface area contributed by atoms with E-state index in [9.17, 15) is 34.5 Å². The Morgan fingerprint density at radius 2 is 1.93 bits per heavy atom. The van der Waals surface area contributed by atoms with Crippen LogP contribution < -0.4 is 11.2 Å². The van der Waals surface area contributed by atoms with Crippen LogP contribution >= 0.6 is 0 Å². The van der Waals surface area contributed by atoms with Crippen molar-refractivity contribution in [3.05, 3.63) is 51.0 Å². The number of nitrogens with zero attached hydrogens (tertiary/aromatic N) is 2. The Morgan fingerprint density at radius 3 is 2.59 bits per heavy atom. The number of aliphatic hydroxyl groups excluding tert-OH is 2. The first-order valence-electron chi connectivity index (χ1n) is 15.4. The zero-order valence-corrected chi connectivity index (χ0v) is 25.9. The van der Waals surface area contributed by atoms with Gasteiger partial charge in [0.05, 0.1) is 12.4 Å². The van der Waals surface area contributed by atoms with Gasteiger partial charge in [-0.05, 0) is 68.9 Å².